The van der Waals surface area contributed by atoms with E-state index in [1.807, 2.05) is 0 Å². The van der Waals surface area contributed by atoms with Crippen LogP contribution in [-0.4, -0.2) is 62.2 Å². The number of aliphatic hydroxyl groups excluding tert-OH is 3. The Morgan fingerprint density at radius 3 is 2.74 bits per heavy atom. The molecule has 0 spiro atoms. The Bertz CT molecular complexity index is 443. The molecule has 0 bridgehead atoms. The van der Waals surface area contributed by atoms with Crippen LogP contribution in [0.2, 0.25) is 0 Å². The fraction of sp³-hybridized carbons (Fsp3) is 0.500. The molecule has 19 heavy (non-hydrogen) atoms. The predicted molar refractivity (Wildman–Crippen MR) is 60.3 cm³/mol. The molecule has 8 nitrogen and oxygen atoms in total. The van der Waals surface area contributed by atoms with Crippen molar-refractivity contribution in [2.45, 2.75) is 24.3 Å². The van der Waals surface area contributed by atoms with Gasteiger partial charge in [0.15, 0.2) is 12.1 Å². The summed E-state index contributed by atoms with van der Waals surface area (Å²) in [6.07, 6.45) is -2.13. The van der Waals surface area contributed by atoms with Crippen molar-refractivity contribution in [3.05, 3.63) is 24.7 Å². The molecule has 1 saturated heterocycles. The van der Waals surface area contributed by atoms with Crippen LogP contribution in [-0.2, 0) is 4.74 Å². The molecule has 0 unspecified atom stereocenters. The van der Waals surface area contributed by atoms with Crippen molar-refractivity contribution in [1.82, 2.24) is 10.4 Å². The summed E-state index contributed by atoms with van der Waals surface area (Å²) in [6, 6.07) is 0. The van der Waals surface area contributed by atoms with Crippen LogP contribution in [0.4, 0.5) is 4.39 Å². The molecule has 0 aliphatic carbocycles. The van der Waals surface area contributed by atoms with Crippen LogP contribution in [0, 0.1) is 0 Å². The highest BCUT2D eigenvalue weighted by Crippen LogP contribution is 2.35. The monoisotopic (exact) mass is 275 g/mol. The summed E-state index contributed by atoms with van der Waals surface area (Å²) in [7, 11) is 0. The molecular weight excluding hydrogens is 261 g/mol. The number of halogens is 1. The number of aliphatic imine (C=N–C) groups is 1. The smallest absolute Gasteiger partial charge is 0.263 e. The molecule has 0 saturated carbocycles. The second-order valence-electron chi connectivity index (χ2n) is 4.14. The summed E-state index contributed by atoms with van der Waals surface area (Å²) in [5.74, 6) is -2.60. The highest BCUT2D eigenvalue weighted by molar-refractivity contribution is 5.93. The number of rotatable bonds is 2. The molecule has 1 fully saturated rings. The second-order valence-corrected chi connectivity index (χ2v) is 4.14. The summed E-state index contributed by atoms with van der Waals surface area (Å²) in [5, 5.41) is 36.8. The molecule has 0 radical (unpaired) electrons. The minimum atomic E-state index is -2.75. The molecule has 2 rings (SSSR count). The fourth-order valence-electron chi connectivity index (χ4n) is 1.87. The molecule has 2 aliphatic rings. The number of amidine groups is 1. The van der Waals surface area contributed by atoms with E-state index in [0.717, 1.165) is 0 Å². The van der Waals surface area contributed by atoms with Gasteiger partial charge in [-0.15, -0.1) is 0 Å². The van der Waals surface area contributed by atoms with Gasteiger partial charge in [-0.3, -0.25) is 10.7 Å². The summed E-state index contributed by atoms with van der Waals surface area (Å²) < 4.78 is 18.8. The van der Waals surface area contributed by atoms with Crippen molar-refractivity contribution in [2.75, 3.05) is 6.61 Å². The van der Waals surface area contributed by atoms with Crippen LogP contribution in [0.1, 0.15) is 0 Å². The Morgan fingerprint density at radius 1 is 1.58 bits per heavy atom. The van der Waals surface area contributed by atoms with Crippen LogP contribution in [0.3, 0.4) is 0 Å². The van der Waals surface area contributed by atoms with E-state index in [-0.39, 0.29) is 11.7 Å². The molecule has 5 N–H and O–H groups in total. The van der Waals surface area contributed by atoms with E-state index in [9.17, 15) is 14.6 Å². The summed E-state index contributed by atoms with van der Waals surface area (Å²) in [6.45, 7) is 2.45. The summed E-state index contributed by atoms with van der Waals surface area (Å²) >= 11 is 0. The number of hydroxylamine groups is 1. The molecule has 4 atom stereocenters. The zero-order chi connectivity index (χ0) is 14.2. The van der Waals surface area contributed by atoms with E-state index in [4.69, 9.17) is 15.1 Å². The highest BCUT2D eigenvalue weighted by atomic mass is 19.2. The number of alkyl halides is 1. The number of nitrogens with one attached hydrogen (secondary N) is 1. The molecular formula is C10H14FN3O5. The summed E-state index contributed by atoms with van der Waals surface area (Å²) in [4.78, 5) is 4.97. The van der Waals surface area contributed by atoms with Crippen molar-refractivity contribution in [1.29, 1.82) is 0 Å². The lowest BCUT2D eigenvalue weighted by Gasteiger charge is -2.30. The van der Waals surface area contributed by atoms with Crippen LogP contribution in [0.25, 0.3) is 0 Å². The SMILES string of the molecule is C=C1N=C(NO)C=CN1[C@@H]1O[C@](F)(CO)[C@@H](O)[C@H]1O. The molecule has 0 aromatic rings. The van der Waals surface area contributed by atoms with Gasteiger partial charge in [-0.1, -0.05) is 6.58 Å². The molecule has 0 amide bonds. The zero-order valence-corrected chi connectivity index (χ0v) is 9.77. The Labute approximate surface area is 107 Å². The maximum Gasteiger partial charge on any atom is 0.263 e. The Morgan fingerprint density at radius 2 is 2.26 bits per heavy atom. The van der Waals surface area contributed by atoms with Crippen molar-refractivity contribution in [3.63, 3.8) is 0 Å². The van der Waals surface area contributed by atoms with E-state index in [1.54, 1.807) is 5.48 Å². The first kappa shape index (κ1) is 13.9. The van der Waals surface area contributed by atoms with Crippen LogP contribution in [0.15, 0.2) is 29.7 Å². The van der Waals surface area contributed by atoms with Gasteiger partial charge in [0.2, 0.25) is 0 Å². The number of ether oxygens (including phenoxy) is 1. The molecule has 2 heterocycles. The third kappa shape index (κ3) is 2.22. The largest absolute Gasteiger partial charge is 0.390 e. The zero-order valence-electron chi connectivity index (χ0n) is 9.77. The van der Waals surface area contributed by atoms with Gasteiger partial charge < -0.3 is 25.0 Å². The molecule has 0 aromatic carbocycles. The van der Waals surface area contributed by atoms with E-state index in [1.165, 1.54) is 17.2 Å². The average Bonchev–Trinajstić information content (AvgIpc) is 2.64. The van der Waals surface area contributed by atoms with E-state index in [0.29, 0.717) is 0 Å². The van der Waals surface area contributed by atoms with Gasteiger partial charge in [0.05, 0.1) is 0 Å². The Balaban J connectivity index is 2.19. The first-order chi connectivity index (χ1) is 8.92. The standard InChI is InChI=1S/C10H14FN3O5/c1-5-12-6(13-18)2-3-14(5)9-7(16)8(17)10(11,4-15)19-9/h2-3,7-9,15-18H,1,4H2,(H,12,13)/t7-,8+,9-,10-/m1/s1. The Hall–Kier alpha value is -1.52. The van der Waals surface area contributed by atoms with Crippen molar-refractivity contribution >= 4 is 5.84 Å². The maximum absolute atomic E-state index is 13.9. The minimum Gasteiger partial charge on any atom is -0.390 e. The first-order valence-corrected chi connectivity index (χ1v) is 5.41. The lowest BCUT2D eigenvalue weighted by Crippen LogP contribution is -2.43. The quantitative estimate of drug-likeness (QED) is 0.385. The van der Waals surface area contributed by atoms with Gasteiger partial charge in [0.1, 0.15) is 24.6 Å². The molecule has 106 valence electrons. The van der Waals surface area contributed by atoms with Gasteiger partial charge in [-0.05, 0) is 6.08 Å². The third-order valence-electron chi connectivity index (χ3n) is 2.92. The maximum atomic E-state index is 13.9. The van der Waals surface area contributed by atoms with Crippen molar-refractivity contribution in [3.8, 4) is 0 Å². The van der Waals surface area contributed by atoms with Crippen LogP contribution in [0.5, 0.6) is 0 Å². The number of hydrogen-bond donors (Lipinski definition) is 5. The number of nitrogens with zero attached hydrogens (tertiary/aromatic N) is 2. The van der Waals surface area contributed by atoms with Crippen molar-refractivity contribution < 1.29 is 29.7 Å². The lowest BCUT2D eigenvalue weighted by atomic mass is 10.1. The van der Waals surface area contributed by atoms with Gasteiger partial charge in [0.25, 0.3) is 5.85 Å². The fourth-order valence-corrected chi connectivity index (χ4v) is 1.87. The van der Waals surface area contributed by atoms with Crippen molar-refractivity contribution in [2.24, 2.45) is 4.99 Å². The van der Waals surface area contributed by atoms with E-state index >= 15 is 0 Å². The Kier molecular flexibility index (Phi) is 3.56. The third-order valence-corrected chi connectivity index (χ3v) is 2.92. The summed E-state index contributed by atoms with van der Waals surface area (Å²) in [5.41, 5.74) is 1.80. The van der Waals surface area contributed by atoms with Crippen LogP contribution < -0.4 is 5.48 Å². The van der Waals surface area contributed by atoms with Crippen LogP contribution >= 0.6 is 0 Å². The van der Waals surface area contributed by atoms with E-state index < -0.39 is 30.9 Å². The molecule has 9 heteroatoms. The minimum absolute atomic E-state index is 0.0532. The van der Waals surface area contributed by atoms with Gasteiger partial charge in [0, 0.05) is 6.20 Å². The topological polar surface area (TPSA) is 118 Å². The molecule has 2 aliphatic heterocycles. The van der Waals surface area contributed by atoms with E-state index in [2.05, 4.69) is 11.6 Å². The number of aliphatic hydroxyl groups is 3. The highest BCUT2D eigenvalue weighted by Gasteiger charge is 2.56. The first-order valence-electron chi connectivity index (χ1n) is 5.41. The number of hydrogen-bond acceptors (Lipinski definition) is 8. The predicted octanol–water partition coefficient (Wildman–Crippen LogP) is -1.60. The van der Waals surface area contributed by atoms with Gasteiger partial charge >= 0.3 is 0 Å². The van der Waals surface area contributed by atoms with Gasteiger partial charge in [-0.25, -0.2) is 9.38 Å². The molecule has 0 aromatic heterocycles. The average molecular weight is 275 g/mol. The second kappa shape index (κ2) is 4.87. The lowest BCUT2D eigenvalue weighted by molar-refractivity contribution is -0.209. The van der Waals surface area contributed by atoms with Gasteiger partial charge in [-0.2, -0.15) is 0 Å². The normalized spacial score (nSPS) is 38.6.